The van der Waals surface area contributed by atoms with Crippen LogP contribution >= 0.6 is 0 Å². The molecule has 2 heterocycles. The lowest BCUT2D eigenvalue weighted by molar-refractivity contribution is -0.150. The summed E-state index contributed by atoms with van der Waals surface area (Å²) < 4.78 is 44.3. The maximum atomic E-state index is 13.6. The minimum atomic E-state index is -4.50. The van der Waals surface area contributed by atoms with Crippen LogP contribution in [0.3, 0.4) is 0 Å². The lowest BCUT2D eigenvalue weighted by Crippen LogP contribution is -2.50. The molecule has 6 rings (SSSR count). The number of nitrogens with one attached hydrogen (secondary N) is 3. The summed E-state index contributed by atoms with van der Waals surface area (Å²) in [6.07, 6.45) is 1.86. The van der Waals surface area contributed by atoms with Gasteiger partial charge in [-0.05, 0) is 86.5 Å². The first-order chi connectivity index (χ1) is 18.6. The third-order valence-electron chi connectivity index (χ3n) is 8.41. The highest BCUT2D eigenvalue weighted by molar-refractivity contribution is 6.01. The first-order valence-corrected chi connectivity index (χ1v) is 13.4. The van der Waals surface area contributed by atoms with Crippen LogP contribution in [0, 0.1) is 24.7 Å². The van der Waals surface area contributed by atoms with Crippen molar-refractivity contribution in [3.63, 3.8) is 0 Å². The molecule has 1 aromatic heterocycles. The second kappa shape index (κ2) is 9.56. The molecule has 1 unspecified atom stereocenters. The molecule has 3 aliphatic carbocycles. The number of hydrogen-bond acceptors (Lipinski definition) is 5. The van der Waals surface area contributed by atoms with Gasteiger partial charge >= 0.3 is 12.2 Å². The lowest BCUT2D eigenvalue weighted by Gasteiger charge is -2.27. The molecule has 1 saturated heterocycles. The van der Waals surface area contributed by atoms with Crippen LogP contribution in [0.25, 0.3) is 0 Å². The average molecular weight is 546 g/mol. The number of halogens is 3. The number of benzene rings is 1. The second-order valence-corrected chi connectivity index (χ2v) is 11.3. The minimum absolute atomic E-state index is 0.0372. The quantitative estimate of drug-likeness (QED) is 0.469. The van der Waals surface area contributed by atoms with Crippen molar-refractivity contribution in [3.05, 3.63) is 46.8 Å². The number of amides is 4. The number of urea groups is 1. The van der Waals surface area contributed by atoms with E-state index in [4.69, 9.17) is 4.52 Å². The topological polar surface area (TPSA) is 117 Å². The van der Waals surface area contributed by atoms with Gasteiger partial charge in [-0.2, -0.15) is 13.2 Å². The molecule has 4 aliphatic rings. The minimum Gasteiger partial charge on any atom is -0.364 e. The summed E-state index contributed by atoms with van der Waals surface area (Å²) >= 11 is 0. The maximum absolute atomic E-state index is 13.6. The molecule has 9 nitrogen and oxygen atoms in total. The predicted octanol–water partition coefficient (Wildman–Crippen LogP) is 3.58. The molecular weight excluding hydrogens is 515 g/mol. The highest BCUT2D eigenvalue weighted by atomic mass is 19.4. The van der Waals surface area contributed by atoms with E-state index in [0.29, 0.717) is 35.9 Å². The van der Waals surface area contributed by atoms with Crippen molar-refractivity contribution in [1.82, 2.24) is 20.7 Å². The van der Waals surface area contributed by atoms with Gasteiger partial charge in [-0.25, -0.2) is 4.79 Å². The number of rotatable bonds is 8. The monoisotopic (exact) mass is 545 g/mol. The Morgan fingerprint density at radius 3 is 2.41 bits per heavy atom. The van der Waals surface area contributed by atoms with Crippen LogP contribution in [-0.2, 0) is 17.6 Å². The van der Waals surface area contributed by atoms with Gasteiger partial charge in [0.2, 0.25) is 5.91 Å². The van der Waals surface area contributed by atoms with Crippen LogP contribution in [0.15, 0.2) is 29.0 Å². The fourth-order valence-corrected chi connectivity index (χ4v) is 6.11. The van der Waals surface area contributed by atoms with E-state index in [1.54, 1.807) is 13.0 Å². The summed E-state index contributed by atoms with van der Waals surface area (Å²) in [5.74, 6) is 0.0511. The molecule has 39 heavy (non-hydrogen) atoms. The Hall–Kier alpha value is -3.57. The number of anilines is 1. The first-order valence-electron chi connectivity index (χ1n) is 13.4. The van der Waals surface area contributed by atoms with Gasteiger partial charge < -0.3 is 25.4 Å². The summed E-state index contributed by atoms with van der Waals surface area (Å²) in [5, 5.41) is 11.7. The van der Waals surface area contributed by atoms with Gasteiger partial charge in [-0.3, -0.25) is 9.59 Å². The third kappa shape index (κ3) is 5.20. The number of aryl methyl sites for hydroxylation is 1. The van der Waals surface area contributed by atoms with E-state index in [1.165, 1.54) is 11.2 Å². The summed E-state index contributed by atoms with van der Waals surface area (Å²) in [6, 6.07) is 1.70. The molecule has 12 heteroatoms. The number of carbonyl (C=O) groups excluding carboxylic acids is 3. The van der Waals surface area contributed by atoms with Crippen molar-refractivity contribution < 1.29 is 32.1 Å². The molecule has 2 saturated carbocycles. The van der Waals surface area contributed by atoms with Gasteiger partial charge in [-0.1, -0.05) is 11.2 Å². The van der Waals surface area contributed by atoms with E-state index in [2.05, 4.69) is 15.8 Å². The second-order valence-electron chi connectivity index (χ2n) is 11.3. The van der Waals surface area contributed by atoms with Crippen LogP contribution in [0.5, 0.6) is 0 Å². The van der Waals surface area contributed by atoms with Crippen molar-refractivity contribution in [1.29, 1.82) is 0 Å². The number of fused-ring (bicyclic) bond motifs is 1. The summed E-state index contributed by atoms with van der Waals surface area (Å²) in [7, 11) is 0. The van der Waals surface area contributed by atoms with Crippen molar-refractivity contribution >= 4 is 23.5 Å². The van der Waals surface area contributed by atoms with Gasteiger partial charge in [0.1, 0.15) is 18.3 Å². The molecule has 3 N–H and O–H groups in total. The Kier molecular flexibility index (Phi) is 6.30. The molecule has 2 aromatic rings. The number of nitrogens with zero attached hydrogens (tertiary/aromatic N) is 2. The summed E-state index contributed by atoms with van der Waals surface area (Å²) in [5.41, 5.74) is 3.09. The van der Waals surface area contributed by atoms with E-state index in [9.17, 15) is 27.6 Å². The Morgan fingerprint density at radius 2 is 1.82 bits per heavy atom. The lowest BCUT2D eigenvalue weighted by atomic mass is 9.88. The highest BCUT2D eigenvalue weighted by Crippen LogP contribution is 2.51. The van der Waals surface area contributed by atoms with Crippen molar-refractivity contribution in [3.8, 4) is 0 Å². The predicted molar refractivity (Wildman–Crippen MR) is 133 cm³/mol. The van der Waals surface area contributed by atoms with Crippen LogP contribution in [0.2, 0.25) is 0 Å². The van der Waals surface area contributed by atoms with Crippen LogP contribution in [-0.4, -0.2) is 58.7 Å². The standard InChI is InChI=1S/C27H30F3N5O4/c1-13-12-39-34-22(13)24(36)33-23(21(14-2-3-14)15-4-5-15)25(37)31-18-7-6-16-9-19(10-17(16)8-18)35-11-20(27(28,29)30)32-26(35)38/h6-8,12,14-15,19-21,23H,2-5,9-11H2,1H3,(H,31,37)(H,32,38)(H,33,36)/t19?,20-,23-/m0/s1. The first kappa shape index (κ1) is 25.7. The van der Waals surface area contributed by atoms with Gasteiger partial charge in [-0.15, -0.1) is 0 Å². The van der Waals surface area contributed by atoms with Crippen LogP contribution < -0.4 is 16.0 Å². The molecule has 0 radical (unpaired) electrons. The molecule has 4 amide bonds. The maximum Gasteiger partial charge on any atom is 0.410 e. The number of alkyl halides is 3. The Bertz CT molecular complexity index is 1290. The molecule has 1 aliphatic heterocycles. The molecular formula is C27H30F3N5O4. The summed E-state index contributed by atoms with van der Waals surface area (Å²) in [6.45, 7) is 1.30. The van der Waals surface area contributed by atoms with Crippen LogP contribution in [0.1, 0.15) is 52.9 Å². The van der Waals surface area contributed by atoms with Gasteiger partial charge in [0, 0.05) is 17.3 Å². The average Bonchev–Trinajstić information content (AvgIpc) is 3.77. The molecule has 208 valence electrons. The smallest absolute Gasteiger partial charge is 0.364 e. The van der Waals surface area contributed by atoms with Crippen molar-refractivity contribution in [2.75, 3.05) is 11.9 Å². The highest BCUT2D eigenvalue weighted by Gasteiger charge is 2.50. The van der Waals surface area contributed by atoms with E-state index in [-0.39, 0.29) is 23.6 Å². The molecule has 1 aromatic carbocycles. The van der Waals surface area contributed by atoms with Gasteiger partial charge in [0.05, 0.1) is 6.54 Å². The summed E-state index contributed by atoms with van der Waals surface area (Å²) in [4.78, 5) is 40.1. The largest absolute Gasteiger partial charge is 0.410 e. The third-order valence-corrected chi connectivity index (χ3v) is 8.41. The van der Waals surface area contributed by atoms with Crippen molar-refractivity contribution in [2.24, 2.45) is 17.8 Å². The van der Waals surface area contributed by atoms with Gasteiger partial charge in [0.15, 0.2) is 5.69 Å². The Morgan fingerprint density at radius 1 is 1.13 bits per heavy atom. The fourth-order valence-electron chi connectivity index (χ4n) is 6.11. The zero-order valence-electron chi connectivity index (χ0n) is 21.4. The fraction of sp³-hybridized carbons (Fsp3) is 0.556. The van der Waals surface area contributed by atoms with E-state index in [0.717, 1.165) is 36.8 Å². The van der Waals surface area contributed by atoms with E-state index in [1.807, 2.05) is 17.4 Å². The zero-order valence-corrected chi connectivity index (χ0v) is 21.4. The SMILES string of the molecule is Cc1conc1C(=O)N[C@H](C(=O)Nc1ccc2c(c1)CC(N1C[C@@H](C(F)(F)F)NC1=O)C2)C(C1CC1)C1CC1. The molecule has 0 spiro atoms. The Balaban J connectivity index is 1.16. The normalized spacial score (nSPS) is 23.5. The van der Waals surface area contributed by atoms with Crippen molar-refractivity contribution in [2.45, 2.75) is 69.8 Å². The molecule has 3 fully saturated rings. The zero-order chi connectivity index (χ0) is 27.5. The number of carbonyl (C=O) groups is 3. The van der Waals surface area contributed by atoms with Gasteiger partial charge in [0.25, 0.3) is 5.91 Å². The molecule has 0 bridgehead atoms. The van der Waals surface area contributed by atoms with E-state index >= 15 is 0 Å². The number of aromatic nitrogens is 1. The Labute approximate surface area is 222 Å². The van der Waals surface area contributed by atoms with E-state index < -0.39 is 36.7 Å². The molecule has 3 atom stereocenters. The van der Waals surface area contributed by atoms with Crippen LogP contribution in [0.4, 0.5) is 23.7 Å². The number of hydrogen-bond donors (Lipinski definition) is 3.